The van der Waals surface area contributed by atoms with E-state index in [2.05, 4.69) is 10.4 Å². The fourth-order valence-corrected chi connectivity index (χ4v) is 2.63. The maximum Gasteiger partial charge on any atom is 0.273 e. The van der Waals surface area contributed by atoms with Gasteiger partial charge in [0.1, 0.15) is 11.7 Å². The molecule has 0 bridgehead atoms. The summed E-state index contributed by atoms with van der Waals surface area (Å²) in [7, 11) is 0. The molecule has 0 spiro atoms. The first-order valence-corrected chi connectivity index (χ1v) is 6.84. The largest absolute Gasteiger partial charge is 0.396 e. The molecule has 0 saturated carbocycles. The van der Waals surface area contributed by atoms with Crippen molar-refractivity contribution in [2.45, 2.75) is 12.5 Å². The summed E-state index contributed by atoms with van der Waals surface area (Å²) in [5, 5.41) is 16.0. The molecule has 1 aliphatic heterocycles. The van der Waals surface area contributed by atoms with Gasteiger partial charge in [-0.25, -0.2) is 4.52 Å². The fourth-order valence-electron chi connectivity index (χ4n) is 2.63. The van der Waals surface area contributed by atoms with Crippen molar-refractivity contribution in [2.24, 2.45) is 0 Å². The summed E-state index contributed by atoms with van der Waals surface area (Å²) < 4.78 is 1.56. The number of rotatable bonds is 3. The molecule has 1 aliphatic rings. The first kappa shape index (κ1) is 13.6. The van der Waals surface area contributed by atoms with Crippen LogP contribution in [0.1, 0.15) is 16.9 Å². The van der Waals surface area contributed by atoms with Gasteiger partial charge in [-0.05, 0) is 24.6 Å². The molecule has 1 atom stereocenters. The Bertz CT molecular complexity index is 682. The van der Waals surface area contributed by atoms with E-state index in [1.807, 2.05) is 12.1 Å². The van der Waals surface area contributed by atoms with E-state index >= 15 is 0 Å². The molecule has 21 heavy (non-hydrogen) atoms. The van der Waals surface area contributed by atoms with E-state index in [1.165, 1.54) is 4.90 Å². The minimum Gasteiger partial charge on any atom is -0.396 e. The van der Waals surface area contributed by atoms with Gasteiger partial charge >= 0.3 is 0 Å². The van der Waals surface area contributed by atoms with E-state index < -0.39 is 6.04 Å². The predicted octanol–water partition coefficient (Wildman–Crippen LogP) is -0.343. The van der Waals surface area contributed by atoms with Crippen molar-refractivity contribution in [3.8, 4) is 0 Å². The number of hydrogen-bond acceptors (Lipinski definition) is 4. The molecule has 2 aromatic heterocycles. The van der Waals surface area contributed by atoms with Crippen LogP contribution in [0.3, 0.4) is 0 Å². The standard InChI is InChI=1S/C14H16N4O3/c19-9-5-11-13(20)15-7-8-17(11)14(21)12-3-1-2-10-4-6-16-18(10)12/h1-4,6,11,19H,5,7-9H2,(H,15,20). The van der Waals surface area contributed by atoms with Gasteiger partial charge in [0, 0.05) is 19.7 Å². The molecule has 7 heteroatoms. The van der Waals surface area contributed by atoms with E-state index in [4.69, 9.17) is 5.11 Å². The van der Waals surface area contributed by atoms with Gasteiger partial charge in [0.05, 0.1) is 11.7 Å². The van der Waals surface area contributed by atoms with Gasteiger partial charge in [-0.15, -0.1) is 0 Å². The van der Waals surface area contributed by atoms with Gasteiger partial charge in [0.2, 0.25) is 5.91 Å². The number of nitrogens with one attached hydrogen (secondary N) is 1. The molecule has 7 nitrogen and oxygen atoms in total. The zero-order chi connectivity index (χ0) is 14.8. The second-order valence-electron chi connectivity index (χ2n) is 4.90. The second kappa shape index (κ2) is 5.53. The molecule has 0 aromatic carbocycles. The number of carbonyl (C=O) groups excluding carboxylic acids is 2. The Balaban J connectivity index is 1.96. The number of carbonyl (C=O) groups is 2. The number of amides is 2. The number of hydrogen-bond donors (Lipinski definition) is 2. The van der Waals surface area contributed by atoms with Crippen LogP contribution in [0, 0.1) is 0 Å². The normalized spacial score (nSPS) is 18.8. The highest BCUT2D eigenvalue weighted by Gasteiger charge is 2.33. The van der Waals surface area contributed by atoms with E-state index in [9.17, 15) is 9.59 Å². The molecular formula is C14H16N4O3. The van der Waals surface area contributed by atoms with Crippen LogP contribution in [0.4, 0.5) is 0 Å². The van der Waals surface area contributed by atoms with Crippen molar-refractivity contribution >= 4 is 17.3 Å². The number of aliphatic hydroxyl groups excluding tert-OH is 1. The zero-order valence-electron chi connectivity index (χ0n) is 11.4. The van der Waals surface area contributed by atoms with Crippen LogP contribution in [0.25, 0.3) is 5.52 Å². The molecule has 0 aliphatic carbocycles. The highest BCUT2D eigenvalue weighted by molar-refractivity contribution is 5.97. The zero-order valence-corrected chi connectivity index (χ0v) is 11.4. The SMILES string of the molecule is O=C1NCCN(C(=O)c2cccc3ccnn23)C1CCO. The predicted molar refractivity (Wildman–Crippen MR) is 74.7 cm³/mol. The van der Waals surface area contributed by atoms with Gasteiger partial charge in [0.15, 0.2) is 0 Å². The van der Waals surface area contributed by atoms with Crippen LogP contribution < -0.4 is 5.32 Å². The molecule has 0 radical (unpaired) electrons. The number of aliphatic hydroxyl groups is 1. The summed E-state index contributed by atoms with van der Waals surface area (Å²) in [5.41, 5.74) is 1.23. The minimum absolute atomic E-state index is 0.145. The van der Waals surface area contributed by atoms with E-state index in [0.717, 1.165) is 5.52 Å². The third kappa shape index (κ3) is 2.36. The summed E-state index contributed by atoms with van der Waals surface area (Å²) in [5.74, 6) is -0.478. The third-order valence-electron chi connectivity index (χ3n) is 3.63. The first-order chi connectivity index (χ1) is 10.2. The van der Waals surface area contributed by atoms with Crippen molar-refractivity contribution < 1.29 is 14.7 Å². The molecule has 110 valence electrons. The molecule has 1 saturated heterocycles. The third-order valence-corrected chi connectivity index (χ3v) is 3.63. The van der Waals surface area contributed by atoms with Crippen LogP contribution in [0.2, 0.25) is 0 Å². The fraction of sp³-hybridized carbons (Fsp3) is 0.357. The Hall–Kier alpha value is -2.41. The molecule has 2 N–H and O–H groups in total. The Morgan fingerprint density at radius 2 is 2.29 bits per heavy atom. The molecule has 1 fully saturated rings. The Labute approximate surface area is 121 Å². The van der Waals surface area contributed by atoms with Gasteiger partial charge in [-0.2, -0.15) is 5.10 Å². The average molecular weight is 288 g/mol. The average Bonchev–Trinajstić information content (AvgIpc) is 2.97. The van der Waals surface area contributed by atoms with Gasteiger partial charge in [-0.3, -0.25) is 9.59 Å². The van der Waals surface area contributed by atoms with Gasteiger partial charge < -0.3 is 15.3 Å². The summed E-state index contributed by atoms with van der Waals surface area (Å²) in [6, 6.07) is 6.50. The first-order valence-electron chi connectivity index (χ1n) is 6.84. The summed E-state index contributed by atoms with van der Waals surface area (Å²) >= 11 is 0. The highest BCUT2D eigenvalue weighted by Crippen LogP contribution is 2.15. The lowest BCUT2D eigenvalue weighted by atomic mass is 10.1. The maximum absolute atomic E-state index is 12.7. The Morgan fingerprint density at radius 3 is 3.10 bits per heavy atom. The van der Waals surface area contributed by atoms with Crippen molar-refractivity contribution in [2.75, 3.05) is 19.7 Å². The second-order valence-corrected chi connectivity index (χ2v) is 4.90. The van der Waals surface area contributed by atoms with Crippen molar-refractivity contribution in [3.05, 3.63) is 36.2 Å². The molecule has 2 amide bonds. The molecule has 2 aromatic rings. The quantitative estimate of drug-likeness (QED) is 0.809. The summed E-state index contributed by atoms with van der Waals surface area (Å²) in [6.45, 7) is 0.697. The van der Waals surface area contributed by atoms with E-state index in [0.29, 0.717) is 18.8 Å². The van der Waals surface area contributed by atoms with Crippen LogP contribution in [0.15, 0.2) is 30.5 Å². The van der Waals surface area contributed by atoms with Crippen molar-refractivity contribution in [3.63, 3.8) is 0 Å². The Kier molecular flexibility index (Phi) is 3.57. The number of pyridine rings is 1. The van der Waals surface area contributed by atoms with Crippen LogP contribution >= 0.6 is 0 Å². The minimum atomic E-state index is -0.637. The lowest BCUT2D eigenvalue weighted by Crippen LogP contribution is -2.57. The number of aromatic nitrogens is 2. The van der Waals surface area contributed by atoms with Crippen LogP contribution in [0.5, 0.6) is 0 Å². The van der Waals surface area contributed by atoms with Crippen LogP contribution in [-0.4, -0.2) is 57.2 Å². The lowest BCUT2D eigenvalue weighted by molar-refractivity contribution is -0.128. The summed E-state index contributed by atoms with van der Waals surface area (Å²) in [6.07, 6.45) is 1.85. The number of piperazine rings is 1. The smallest absolute Gasteiger partial charge is 0.273 e. The molecule has 1 unspecified atom stereocenters. The van der Waals surface area contributed by atoms with E-state index in [-0.39, 0.29) is 24.8 Å². The van der Waals surface area contributed by atoms with Crippen molar-refractivity contribution in [1.82, 2.24) is 19.8 Å². The maximum atomic E-state index is 12.7. The van der Waals surface area contributed by atoms with Gasteiger partial charge in [-0.1, -0.05) is 6.07 Å². The lowest BCUT2D eigenvalue weighted by Gasteiger charge is -2.34. The van der Waals surface area contributed by atoms with Crippen LogP contribution in [-0.2, 0) is 4.79 Å². The van der Waals surface area contributed by atoms with Gasteiger partial charge in [0.25, 0.3) is 5.91 Å². The summed E-state index contributed by atoms with van der Waals surface area (Å²) in [4.78, 5) is 26.2. The van der Waals surface area contributed by atoms with Crippen molar-refractivity contribution in [1.29, 1.82) is 0 Å². The topological polar surface area (TPSA) is 86.9 Å². The molecular weight excluding hydrogens is 272 g/mol. The molecule has 3 heterocycles. The monoisotopic (exact) mass is 288 g/mol. The number of fused-ring (bicyclic) bond motifs is 1. The van der Waals surface area contributed by atoms with E-state index in [1.54, 1.807) is 22.8 Å². The number of nitrogens with zero attached hydrogens (tertiary/aromatic N) is 3. The Morgan fingerprint density at radius 1 is 1.43 bits per heavy atom. The highest BCUT2D eigenvalue weighted by atomic mass is 16.3. The molecule has 3 rings (SSSR count).